The fourth-order valence-electron chi connectivity index (χ4n) is 2.12. The molecule has 0 saturated carbocycles. The van der Waals surface area contributed by atoms with Gasteiger partial charge in [0.05, 0.1) is 0 Å². The molecule has 0 aliphatic carbocycles. The van der Waals surface area contributed by atoms with Crippen LogP contribution in [0.1, 0.15) is 32.1 Å². The first-order valence-corrected chi connectivity index (χ1v) is 6.43. The highest BCUT2D eigenvalue weighted by molar-refractivity contribution is 5.83. The summed E-state index contributed by atoms with van der Waals surface area (Å²) in [5.41, 5.74) is 0. The Morgan fingerprint density at radius 3 is 2.58 bits per heavy atom. The van der Waals surface area contributed by atoms with Gasteiger partial charge in [0.15, 0.2) is 0 Å². The molecular formula is C12H20N2O5. The molecule has 1 rings (SSSR count). The van der Waals surface area contributed by atoms with Crippen LogP contribution in [-0.4, -0.2) is 47.2 Å². The van der Waals surface area contributed by atoms with Gasteiger partial charge in [-0.25, -0.2) is 4.79 Å². The van der Waals surface area contributed by atoms with Crippen molar-refractivity contribution in [3.63, 3.8) is 0 Å². The summed E-state index contributed by atoms with van der Waals surface area (Å²) in [4.78, 5) is 33.0. The Bertz CT molecular complexity index is 339. The fourth-order valence-corrected chi connectivity index (χ4v) is 2.12. The molecule has 7 nitrogen and oxygen atoms in total. The van der Waals surface area contributed by atoms with Gasteiger partial charge >= 0.3 is 11.9 Å². The zero-order valence-corrected chi connectivity index (χ0v) is 10.7. The number of aliphatic carboxylic acids is 2. The molecule has 1 amide bonds. The van der Waals surface area contributed by atoms with E-state index < -0.39 is 18.0 Å². The lowest BCUT2D eigenvalue weighted by molar-refractivity contribution is -0.142. The highest BCUT2D eigenvalue weighted by Gasteiger charge is 2.23. The standard InChI is InChI=1S/C12H20N2O5/c15-10(6-8-4-5-13-7-8)14-9(12(18)19)2-1-3-11(16)17/h8-9,13H,1-7H2,(H,14,15)(H,16,17)(H,18,19)/t8?,9-/m1/s1. The van der Waals surface area contributed by atoms with Gasteiger partial charge in [0.25, 0.3) is 0 Å². The maximum atomic E-state index is 11.7. The second-order valence-electron chi connectivity index (χ2n) is 4.81. The molecule has 7 heteroatoms. The van der Waals surface area contributed by atoms with E-state index in [2.05, 4.69) is 10.6 Å². The van der Waals surface area contributed by atoms with Gasteiger partial charge in [0.2, 0.25) is 5.91 Å². The van der Waals surface area contributed by atoms with Gasteiger partial charge in [-0.3, -0.25) is 9.59 Å². The predicted octanol–water partition coefficient (Wildman–Crippen LogP) is -0.190. The van der Waals surface area contributed by atoms with Crippen molar-refractivity contribution in [3.05, 3.63) is 0 Å². The first-order chi connectivity index (χ1) is 8.99. The van der Waals surface area contributed by atoms with Crippen LogP contribution in [0.5, 0.6) is 0 Å². The van der Waals surface area contributed by atoms with Crippen molar-refractivity contribution in [2.24, 2.45) is 5.92 Å². The van der Waals surface area contributed by atoms with Crippen molar-refractivity contribution in [1.82, 2.24) is 10.6 Å². The summed E-state index contributed by atoms with van der Waals surface area (Å²) >= 11 is 0. The van der Waals surface area contributed by atoms with E-state index in [0.29, 0.717) is 6.42 Å². The maximum Gasteiger partial charge on any atom is 0.326 e. The molecule has 1 unspecified atom stereocenters. The highest BCUT2D eigenvalue weighted by Crippen LogP contribution is 2.12. The van der Waals surface area contributed by atoms with Gasteiger partial charge in [-0.2, -0.15) is 0 Å². The topological polar surface area (TPSA) is 116 Å². The number of nitrogens with one attached hydrogen (secondary N) is 2. The summed E-state index contributed by atoms with van der Waals surface area (Å²) in [7, 11) is 0. The van der Waals surface area contributed by atoms with E-state index in [9.17, 15) is 14.4 Å². The van der Waals surface area contributed by atoms with Crippen LogP contribution < -0.4 is 10.6 Å². The van der Waals surface area contributed by atoms with Crippen molar-refractivity contribution < 1.29 is 24.6 Å². The molecular weight excluding hydrogens is 252 g/mol. The van der Waals surface area contributed by atoms with E-state index in [1.807, 2.05) is 0 Å². The second-order valence-corrected chi connectivity index (χ2v) is 4.81. The monoisotopic (exact) mass is 272 g/mol. The zero-order chi connectivity index (χ0) is 14.3. The van der Waals surface area contributed by atoms with E-state index in [1.54, 1.807) is 0 Å². The largest absolute Gasteiger partial charge is 0.481 e. The number of carbonyl (C=O) groups is 3. The van der Waals surface area contributed by atoms with E-state index in [-0.39, 0.29) is 31.1 Å². The molecule has 1 saturated heterocycles. The van der Waals surface area contributed by atoms with Crippen LogP contribution in [-0.2, 0) is 14.4 Å². The SMILES string of the molecule is O=C(O)CCC[C@@H](NC(=O)CC1CCNC1)C(=O)O. The van der Waals surface area contributed by atoms with Crippen molar-refractivity contribution in [2.45, 2.75) is 38.1 Å². The van der Waals surface area contributed by atoms with Gasteiger partial charge in [-0.15, -0.1) is 0 Å². The van der Waals surface area contributed by atoms with Gasteiger partial charge in [0, 0.05) is 12.8 Å². The molecule has 0 spiro atoms. The van der Waals surface area contributed by atoms with Gasteiger partial charge in [-0.05, 0) is 38.3 Å². The predicted molar refractivity (Wildman–Crippen MR) is 66.6 cm³/mol. The smallest absolute Gasteiger partial charge is 0.326 e. The van der Waals surface area contributed by atoms with Crippen molar-refractivity contribution in [2.75, 3.05) is 13.1 Å². The number of hydrogen-bond donors (Lipinski definition) is 4. The third-order valence-electron chi connectivity index (χ3n) is 3.15. The number of carboxylic acid groups (broad SMARTS) is 2. The first-order valence-electron chi connectivity index (χ1n) is 6.43. The summed E-state index contributed by atoms with van der Waals surface area (Å²) in [5, 5.41) is 23.1. The fraction of sp³-hybridized carbons (Fsp3) is 0.750. The lowest BCUT2D eigenvalue weighted by Crippen LogP contribution is -2.41. The van der Waals surface area contributed by atoms with Crippen molar-refractivity contribution >= 4 is 17.8 Å². The Kier molecular flexibility index (Phi) is 6.27. The van der Waals surface area contributed by atoms with Crippen LogP contribution in [0.2, 0.25) is 0 Å². The molecule has 0 bridgehead atoms. The minimum Gasteiger partial charge on any atom is -0.481 e. The Morgan fingerprint density at radius 1 is 1.32 bits per heavy atom. The molecule has 0 aromatic rings. The summed E-state index contributed by atoms with van der Waals surface area (Å²) in [6, 6.07) is -0.999. The van der Waals surface area contributed by atoms with Crippen LogP contribution in [0.25, 0.3) is 0 Å². The minimum atomic E-state index is -1.12. The molecule has 1 aliphatic rings. The third kappa shape index (κ3) is 6.19. The van der Waals surface area contributed by atoms with Gasteiger partial charge in [0.1, 0.15) is 6.04 Å². The van der Waals surface area contributed by atoms with Crippen LogP contribution in [0, 0.1) is 5.92 Å². The zero-order valence-electron chi connectivity index (χ0n) is 10.7. The number of carbonyl (C=O) groups excluding carboxylic acids is 1. The molecule has 0 aromatic heterocycles. The number of carboxylic acids is 2. The molecule has 2 atom stereocenters. The average molecular weight is 272 g/mol. The van der Waals surface area contributed by atoms with E-state index in [0.717, 1.165) is 19.5 Å². The second kappa shape index (κ2) is 7.73. The Morgan fingerprint density at radius 2 is 2.05 bits per heavy atom. The van der Waals surface area contributed by atoms with Crippen molar-refractivity contribution in [1.29, 1.82) is 0 Å². The number of amides is 1. The number of hydrogen-bond acceptors (Lipinski definition) is 4. The molecule has 0 radical (unpaired) electrons. The molecule has 0 aromatic carbocycles. The average Bonchev–Trinajstić information content (AvgIpc) is 2.79. The molecule has 1 aliphatic heterocycles. The van der Waals surface area contributed by atoms with Crippen LogP contribution >= 0.6 is 0 Å². The molecule has 19 heavy (non-hydrogen) atoms. The Balaban J connectivity index is 2.32. The number of rotatable bonds is 8. The highest BCUT2D eigenvalue weighted by atomic mass is 16.4. The first kappa shape index (κ1) is 15.4. The minimum absolute atomic E-state index is 0.0911. The lowest BCUT2D eigenvalue weighted by Gasteiger charge is -2.15. The maximum absolute atomic E-state index is 11.7. The summed E-state index contributed by atoms with van der Waals surface area (Å²) in [5.74, 6) is -2.11. The van der Waals surface area contributed by atoms with E-state index >= 15 is 0 Å². The summed E-state index contributed by atoms with van der Waals surface area (Å²) in [6.07, 6.45) is 1.51. The Hall–Kier alpha value is -1.63. The Labute approximate surface area is 111 Å². The summed E-state index contributed by atoms with van der Waals surface area (Å²) < 4.78 is 0. The third-order valence-corrected chi connectivity index (χ3v) is 3.15. The molecule has 108 valence electrons. The van der Waals surface area contributed by atoms with Gasteiger partial charge < -0.3 is 20.8 Å². The van der Waals surface area contributed by atoms with Crippen LogP contribution in [0.15, 0.2) is 0 Å². The van der Waals surface area contributed by atoms with Gasteiger partial charge in [-0.1, -0.05) is 0 Å². The van der Waals surface area contributed by atoms with Crippen molar-refractivity contribution in [3.8, 4) is 0 Å². The normalized spacial score (nSPS) is 19.9. The molecule has 1 heterocycles. The molecule has 4 N–H and O–H groups in total. The van der Waals surface area contributed by atoms with Crippen LogP contribution in [0.3, 0.4) is 0 Å². The summed E-state index contributed by atoms with van der Waals surface area (Å²) in [6.45, 7) is 1.67. The lowest BCUT2D eigenvalue weighted by atomic mass is 10.0. The van der Waals surface area contributed by atoms with Crippen LogP contribution in [0.4, 0.5) is 0 Å². The van der Waals surface area contributed by atoms with E-state index in [4.69, 9.17) is 10.2 Å². The van der Waals surface area contributed by atoms with E-state index in [1.165, 1.54) is 0 Å². The molecule has 1 fully saturated rings. The quantitative estimate of drug-likeness (QED) is 0.487.